The first-order valence-corrected chi connectivity index (χ1v) is 9.24. The molecular weight excluding hydrogens is 304 g/mol. The van der Waals surface area contributed by atoms with Crippen LogP contribution < -0.4 is 0 Å². The molecule has 3 heterocycles. The van der Waals surface area contributed by atoms with Gasteiger partial charge < -0.3 is 9.09 Å². The van der Waals surface area contributed by atoms with Gasteiger partial charge in [-0.2, -0.15) is 4.98 Å². The monoisotopic (exact) mass is 328 g/mol. The van der Waals surface area contributed by atoms with Crippen molar-refractivity contribution in [3.63, 3.8) is 0 Å². The van der Waals surface area contributed by atoms with E-state index < -0.39 is 0 Å². The van der Waals surface area contributed by atoms with E-state index in [4.69, 9.17) is 4.52 Å². The molecule has 0 aromatic carbocycles. The van der Waals surface area contributed by atoms with Crippen LogP contribution in [0.5, 0.6) is 0 Å². The molecule has 7 heteroatoms. The Kier molecular flexibility index (Phi) is 3.43. The largest absolute Gasteiger partial charge is 0.339 e. The van der Waals surface area contributed by atoms with Gasteiger partial charge in [0.15, 0.2) is 5.82 Å². The Labute approximate surface area is 141 Å². The Morgan fingerprint density at radius 3 is 2.67 bits per heavy atom. The third kappa shape index (κ3) is 2.75. The highest BCUT2D eigenvalue weighted by atomic mass is 16.5. The predicted molar refractivity (Wildman–Crippen MR) is 86.6 cm³/mol. The Hall–Kier alpha value is -1.76. The highest BCUT2D eigenvalue weighted by Gasteiger charge is 2.37. The first-order valence-electron chi connectivity index (χ1n) is 9.24. The molecule has 7 nitrogen and oxygen atoms in total. The first kappa shape index (κ1) is 14.6. The van der Waals surface area contributed by atoms with Gasteiger partial charge in [-0.05, 0) is 52.0 Å². The second-order valence-electron chi connectivity index (χ2n) is 7.60. The number of piperidine rings is 1. The maximum Gasteiger partial charge on any atom is 0.231 e. The Morgan fingerprint density at radius 2 is 1.96 bits per heavy atom. The van der Waals surface area contributed by atoms with Gasteiger partial charge in [0, 0.05) is 18.5 Å². The van der Waals surface area contributed by atoms with Crippen LogP contribution in [0.3, 0.4) is 0 Å². The average Bonchev–Trinajstić information content (AvgIpc) is 3.52. The number of aryl methyl sites for hydroxylation is 1. The van der Waals surface area contributed by atoms with E-state index in [1.807, 2.05) is 6.92 Å². The van der Waals surface area contributed by atoms with Gasteiger partial charge in [-0.15, -0.1) is 10.2 Å². The van der Waals surface area contributed by atoms with Gasteiger partial charge in [-0.3, -0.25) is 4.90 Å². The smallest absolute Gasteiger partial charge is 0.231 e. The fourth-order valence-electron chi connectivity index (χ4n) is 3.88. The second-order valence-corrected chi connectivity index (χ2v) is 7.60. The normalized spacial score (nSPS) is 25.3. The van der Waals surface area contributed by atoms with Crippen LogP contribution in [0.25, 0.3) is 0 Å². The van der Waals surface area contributed by atoms with E-state index in [1.165, 1.54) is 37.9 Å². The van der Waals surface area contributed by atoms with Crippen LogP contribution in [0.2, 0.25) is 0 Å². The highest BCUT2D eigenvalue weighted by molar-refractivity contribution is 5.12. The van der Waals surface area contributed by atoms with E-state index in [0.29, 0.717) is 17.9 Å². The van der Waals surface area contributed by atoms with Crippen LogP contribution in [0.1, 0.15) is 79.8 Å². The summed E-state index contributed by atoms with van der Waals surface area (Å²) < 4.78 is 7.85. The van der Waals surface area contributed by atoms with Gasteiger partial charge in [-0.1, -0.05) is 5.16 Å². The van der Waals surface area contributed by atoms with Crippen molar-refractivity contribution in [1.29, 1.82) is 0 Å². The predicted octanol–water partition coefficient (Wildman–Crippen LogP) is 2.56. The van der Waals surface area contributed by atoms with Crippen LogP contribution in [0, 0.1) is 6.92 Å². The first-order chi connectivity index (χ1) is 11.8. The van der Waals surface area contributed by atoms with Crippen molar-refractivity contribution in [1.82, 2.24) is 29.8 Å². The third-order valence-electron chi connectivity index (χ3n) is 5.41. The van der Waals surface area contributed by atoms with E-state index in [-0.39, 0.29) is 0 Å². The van der Waals surface area contributed by atoms with Gasteiger partial charge in [0.1, 0.15) is 11.6 Å². The summed E-state index contributed by atoms with van der Waals surface area (Å²) in [6.07, 6.45) is 7.43. The number of aromatic nitrogens is 5. The molecule has 0 radical (unpaired) electrons. The van der Waals surface area contributed by atoms with Crippen molar-refractivity contribution in [2.24, 2.45) is 0 Å². The van der Waals surface area contributed by atoms with E-state index in [9.17, 15) is 0 Å². The molecule has 1 aliphatic heterocycles. The number of rotatable bonds is 5. The third-order valence-corrected chi connectivity index (χ3v) is 5.41. The van der Waals surface area contributed by atoms with E-state index in [0.717, 1.165) is 43.6 Å². The summed E-state index contributed by atoms with van der Waals surface area (Å²) in [5, 5.41) is 13.0. The fraction of sp³-hybridized carbons (Fsp3) is 0.765. The molecule has 0 N–H and O–H groups in total. The summed E-state index contributed by atoms with van der Waals surface area (Å²) >= 11 is 0. The van der Waals surface area contributed by atoms with Crippen molar-refractivity contribution in [3.05, 3.63) is 23.4 Å². The number of hydrogen-bond acceptors (Lipinski definition) is 6. The summed E-state index contributed by atoms with van der Waals surface area (Å²) in [5.41, 5.74) is 0. The van der Waals surface area contributed by atoms with Crippen molar-refractivity contribution in [2.75, 3.05) is 13.1 Å². The maximum absolute atomic E-state index is 5.40. The zero-order chi connectivity index (χ0) is 16.1. The van der Waals surface area contributed by atoms with Gasteiger partial charge in [-0.25, -0.2) is 0 Å². The summed E-state index contributed by atoms with van der Waals surface area (Å²) in [5.74, 6) is 4.93. The molecule has 3 aliphatic rings. The van der Waals surface area contributed by atoms with Crippen molar-refractivity contribution >= 4 is 0 Å². The lowest BCUT2D eigenvalue weighted by Gasteiger charge is -2.30. The van der Waals surface area contributed by atoms with Gasteiger partial charge >= 0.3 is 0 Å². The lowest BCUT2D eigenvalue weighted by molar-refractivity contribution is 0.174. The van der Waals surface area contributed by atoms with Gasteiger partial charge in [0.05, 0.1) is 12.5 Å². The molecule has 2 aromatic rings. The van der Waals surface area contributed by atoms with Crippen LogP contribution in [-0.4, -0.2) is 42.9 Å². The Balaban J connectivity index is 1.32. The topological polar surface area (TPSA) is 72.9 Å². The summed E-state index contributed by atoms with van der Waals surface area (Å²) in [6, 6.07) is 0.657. The molecule has 128 valence electrons. The second kappa shape index (κ2) is 5.65. The minimum absolute atomic E-state index is 0.347. The Bertz CT molecular complexity index is 729. The highest BCUT2D eigenvalue weighted by Crippen LogP contribution is 2.44. The maximum atomic E-state index is 5.40. The minimum Gasteiger partial charge on any atom is -0.339 e. The standard InChI is InChI=1S/C17H24N6O/c1-11-18-17(24-21-11)13-3-2-8-22(9-13)10-15-19-20-16(12-4-5-12)23(15)14-6-7-14/h12-14H,2-10H2,1H3. The van der Waals surface area contributed by atoms with Gasteiger partial charge in [0.2, 0.25) is 5.89 Å². The van der Waals surface area contributed by atoms with Crippen LogP contribution in [-0.2, 0) is 6.54 Å². The number of nitrogens with zero attached hydrogens (tertiary/aromatic N) is 6. The Morgan fingerprint density at radius 1 is 1.08 bits per heavy atom. The number of hydrogen-bond donors (Lipinski definition) is 0. The van der Waals surface area contributed by atoms with Crippen LogP contribution >= 0.6 is 0 Å². The molecule has 2 saturated carbocycles. The molecule has 5 rings (SSSR count). The van der Waals surface area contributed by atoms with Crippen LogP contribution in [0.4, 0.5) is 0 Å². The molecular formula is C17H24N6O. The quantitative estimate of drug-likeness (QED) is 0.840. The van der Waals surface area contributed by atoms with Crippen molar-refractivity contribution in [2.45, 2.75) is 69.9 Å². The fourth-order valence-corrected chi connectivity index (χ4v) is 3.88. The zero-order valence-corrected chi connectivity index (χ0v) is 14.2. The number of likely N-dealkylation sites (tertiary alicyclic amines) is 1. The molecule has 0 bridgehead atoms. The molecule has 0 amide bonds. The summed E-state index contributed by atoms with van der Waals surface area (Å²) in [7, 11) is 0. The molecule has 1 unspecified atom stereocenters. The SMILES string of the molecule is Cc1noc(C2CCCN(Cc3nnc(C4CC4)n3C3CC3)C2)n1. The lowest BCUT2D eigenvalue weighted by atomic mass is 9.98. The summed E-state index contributed by atoms with van der Waals surface area (Å²) in [4.78, 5) is 6.91. The van der Waals surface area contributed by atoms with E-state index in [1.54, 1.807) is 0 Å². The average molecular weight is 328 g/mol. The van der Waals surface area contributed by atoms with Gasteiger partial charge in [0.25, 0.3) is 0 Å². The minimum atomic E-state index is 0.347. The molecule has 1 atom stereocenters. The summed E-state index contributed by atoms with van der Waals surface area (Å²) in [6.45, 7) is 4.85. The van der Waals surface area contributed by atoms with E-state index >= 15 is 0 Å². The van der Waals surface area contributed by atoms with Crippen molar-refractivity contribution in [3.8, 4) is 0 Å². The molecule has 2 aromatic heterocycles. The van der Waals surface area contributed by atoms with Crippen molar-refractivity contribution < 1.29 is 4.52 Å². The molecule has 1 saturated heterocycles. The molecule has 3 fully saturated rings. The molecule has 2 aliphatic carbocycles. The van der Waals surface area contributed by atoms with E-state index in [2.05, 4.69) is 29.8 Å². The molecule has 24 heavy (non-hydrogen) atoms. The lowest BCUT2D eigenvalue weighted by Crippen LogP contribution is -2.35. The zero-order valence-electron chi connectivity index (χ0n) is 14.2. The molecule has 0 spiro atoms. The van der Waals surface area contributed by atoms with Crippen LogP contribution in [0.15, 0.2) is 4.52 Å².